The second-order valence-electron chi connectivity index (χ2n) is 16.1. The van der Waals surface area contributed by atoms with Crippen LogP contribution in [-0.2, 0) is 57.0 Å². The van der Waals surface area contributed by atoms with Crippen molar-refractivity contribution in [3.8, 4) is 0 Å². The summed E-state index contributed by atoms with van der Waals surface area (Å²) >= 11 is 0. The minimum absolute atomic E-state index is 0.732. The first kappa shape index (κ1) is 52.5. The number of rotatable bonds is 15. The molecule has 370 valence electrons. The van der Waals surface area contributed by atoms with Crippen LogP contribution in [0.25, 0.3) is 0 Å². The van der Waals surface area contributed by atoms with Crippen LogP contribution in [0.2, 0.25) is 0 Å². The first-order valence-corrected chi connectivity index (χ1v) is 20.4. The van der Waals surface area contributed by atoms with Crippen molar-refractivity contribution in [3.63, 3.8) is 0 Å². The Morgan fingerprint density at radius 3 is 1.33 bits per heavy atom. The number of aliphatic hydroxyl groups is 13. The molecule has 0 aliphatic carbocycles. The molecule has 0 unspecified atom stereocenters. The summed E-state index contributed by atoms with van der Waals surface area (Å²) in [5.41, 5.74) is 0. The Labute approximate surface area is 364 Å². The first-order valence-electron chi connectivity index (χ1n) is 20.4. The van der Waals surface area contributed by atoms with Gasteiger partial charge in [0.1, 0.15) is 116 Å². The summed E-state index contributed by atoms with van der Waals surface area (Å²) in [4.78, 5) is 37.2. The van der Waals surface area contributed by atoms with E-state index >= 15 is 0 Å². The predicted octanol–water partition coefficient (Wildman–Crippen LogP) is -10.5. The lowest BCUT2D eigenvalue weighted by atomic mass is 9.93. The lowest BCUT2D eigenvalue weighted by Crippen LogP contribution is -2.71. The average Bonchev–Trinajstić information content (AvgIpc) is 3.24. The summed E-state index contributed by atoms with van der Waals surface area (Å²) in [6.07, 6.45) is -40.1. The van der Waals surface area contributed by atoms with Crippen LogP contribution >= 0.6 is 0 Å². The van der Waals surface area contributed by atoms with Crippen molar-refractivity contribution >= 4 is 17.7 Å². The van der Waals surface area contributed by atoms with E-state index in [0.717, 1.165) is 20.8 Å². The molecule has 25 atom stereocenters. The maximum absolute atomic E-state index is 12.8. The minimum Gasteiger partial charge on any atom is -0.394 e. The fraction of sp³-hybridized carbons (Fsp3) is 0.917. The molecule has 0 aromatic rings. The quantitative estimate of drug-likeness (QED) is 0.0725. The number of aliphatic hydroxyl groups excluding tert-OH is 13. The number of amides is 3. The number of hydrogen-bond acceptors (Lipinski definition) is 25. The Bertz CT molecular complexity index is 1540. The molecule has 0 spiro atoms. The van der Waals surface area contributed by atoms with Crippen molar-refractivity contribution in [1.82, 2.24) is 16.0 Å². The second-order valence-corrected chi connectivity index (χ2v) is 16.1. The van der Waals surface area contributed by atoms with Crippen LogP contribution in [0.15, 0.2) is 0 Å². The van der Waals surface area contributed by atoms with Gasteiger partial charge in [-0.05, 0) is 6.92 Å². The van der Waals surface area contributed by atoms with E-state index in [9.17, 15) is 80.8 Å². The van der Waals surface area contributed by atoms with E-state index in [0.29, 0.717) is 0 Å². The summed E-state index contributed by atoms with van der Waals surface area (Å²) in [5.74, 6) is -2.33. The molecule has 0 aromatic heterocycles. The molecule has 5 rings (SSSR count). The molecule has 16 N–H and O–H groups in total. The van der Waals surface area contributed by atoms with Crippen molar-refractivity contribution < 1.29 is 123 Å². The third-order valence-electron chi connectivity index (χ3n) is 11.5. The van der Waals surface area contributed by atoms with Crippen molar-refractivity contribution in [2.24, 2.45) is 0 Å². The van der Waals surface area contributed by atoms with E-state index in [-0.39, 0.29) is 0 Å². The maximum Gasteiger partial charge on any atom is 0.217 e. The number of hydrogen-bond donors (Lipinski definition) is 16. The highest BCUT2D eigenvalue weighted by Gasteiger charge is 2.58. The second kappa shape index (κ2) is 22.6. The normalized spacial score (nSPS) is 47.7. The molecule has 64 heavy (non-hydrogen) atoms. The topological polar surface area (TPSA) is 433 Å². The van der Waals surface area contributed by atoms with E-state index in [4.69, 9.17) is 42.6 Å². The highest BCUT2D eigenvalue weighted by Crippen LogP contribution is 2.37. The lowest BCUT2D eigenvalue weighted by Gasteiger charge is -2.52. The number of carbonyl (C=O) groups is 3. The Morgan fingerprint density at radius 1 is 0.406 bits per heavy atom. The zero-order valence-corrected chi connectivity index (χ0v) is 35.0. The van der Waals surface area contributed by atoms with Crippen molar-refractivity contribution in [2.45, 2.75) is 181 Å². The van der Waals surface area contributed by atoms with E-state index < -0.39 is 197 Å². The third-order valence-corrected chi connectivity index (χ3v) is 11.5. The average molecular weight is 936 g/mol. The molecule has 5 saturated heterocycles. The lowest BCUT2D eigenvalue weighted by molar-refractivity contribution is -0.398. The number of carbonyl (C=O) groups excluding carboxylic acids is 3. The Balaban J connectivity index is 1.58. The molecule has 0 saturated carbocycles. The predicted molar refractivity (Wildman–Crippen MR) is 200 cm³/mol. The van der Waals surface area contributed by atoms with Crippen LogP contribution in [0.4, 0.5) is 0 Å². The van der Waals surface area contributed by atoms with Gasteiger partial charge in [0.2, 0.25) is 17.7 Å². The Kier molecular flexibility index (Phi) is 18.5. The van der Waals surface area contributed by atoms with Gasteiger partial charge in [-0.3, -0.25) is 14.4 Å². The molecule has 0 bridgehead atoms. The third kappa shape index (κ3) is 11.4. The summed E-state index contributed by atoms with van der Waals surface area (Å²) < 4.78 is 53.0. The van der Waals surface area contributed by atoms with Crippen molar-refractivity contribution in [3.05, 3.63) is 0 Å². The van der Waals surface area contributed by atoms with Gasteiger partial charge in [-0.25, -0.2) is 0 Å². The van der Waals surface area contributed by atoms with Gasteiger partial charge in [0, 0.05) is 20.8 Å². The van der Waals surface area contributed by atoms with Crippen LogP contribution in [0.1, 0.15) is 27.7 Å². The first-order chi connectivity index (χ1) is 30.2. The van der Waals surface area contributed by atoms with Crippen LogP contribution in [-0.4, -0.2) is 264 Å². The van der Waals surface area contributed by atoms with E-state index in [1.807, 2.05) is 0 Å². The monoisotopic (exact) mass is 935 g/mol. The molecule has 5 aliphatic heterocycles. The molecule has 0 radical (unpaired) electrons. The number of ether oxygens (including phenoxy) is 9. The maximum atomic E-state index is 12.8. The van der Waals surface area contributed by atoms with Gasteiger partial charge < -0.3 is 125 Å². The van der Waals surface area contributed by atoms with E-state index in [2.05, 4.69) is 16.0 Å². The van der Waals surface area contributed by atoms with Crippen LogP contribution in [0.5, 0.6) is 0 Å². The van der Waals surface area contributed by atoms with Crippen molar-refractivity contribution in [1.29, 1.82) is 0 Å². The minimum atomic E-state index is -2.09. The van der Waals surface area contributed by atoms with E-state index in [1.165, 1.54) is 6.92 Å². The van der Waals surface area contributed by atoms with Gasteiger partial charge in [0.25, 0.3) is 0 Å². The molecule has 0 aromatic carbocycles. The molecule has 5 heterocycles. The zero-order chi connectivity index (χ0) is 47.5. The summed E-state index contributed by atoms with van der Waals surface area (Å²) in [6.45, 7) is 0.697. The molecule has 5 aliphatic rings. The molecule has 28 heteroatoms. The summed E-state index contributed by atoms with van der Waals surface area (Å²) in [5, 5.41) is 147. The van der Waals surface area contributed by atoms with Crippen LogP contribution in [0, 0.1) is 0 Å². The van der Waals surface area contributed by atoms with Gasteiger partial charge in [-0.1, -0.05) is 0 Å². The molecule has 3 amide bonds. The van der Waals surface area contributed by atoms with Gasteiger partial charge in [0.15, 0.2) is 31.5 Å². The molecule has 5 fully saturated rings. The van der Waals surface area contributed by atoms with Gasteiger partial charge in [0.05, 0.1) is 32.5 Å². The summed E-state index contributed by atoms with van der Waals surface area (Å²) in [7, 11) is 0. The van der Waals surface area contributed by atoms with Gasteiger partial charge >= 0.3 is 0 Å². The fourth-order valence-corrected chi connectivity index (χ4v) is 8.15. The SMILES string of the molecule is CC(=O)N[C@@H]1[C@@H](O[C@@H]2O[C@H](CO)[C@@H](O)[C@H](O[C@@H]3O[C@H](CO)[C@H](O)[C@H](O[C@H]4O[C@H](CO)[C@H](O)[C@H](O)[C@H]4NC(C)=O)[C@H]3O[C@@H]3O[C@@H](C)[C@@H](O)[C@@H](O)[C@@H]3O)[C@H]2NC(C)=O)[C@@H](O)[C@@H](CO)O[C@H]1O. The number of nitrogens with one attached hydrogen (secondary N) is 3. The highest BCUT2D eigenvalue weighted by molar-refractivity contribution is 5.74. The van der Waals surface area contributed by atoms with Gasteiger partial charge in [-0.15, -0.1) is 0 Å². The highest BCUT2D eigenvalue weighted by atomic mass is 16.8. The molecule has 28 nitrogen and oxygen atoms in total. The standard InChI is InChI=1S/C36H61N3O25/c1-9-20(47)26(53)27(54)35(56-9)64-31-30(63-33-17(37-10(2)44)25(52)21(48)13(5-40)58-33)24(51)16(8-43)60-36(31)62-29-19(39-12(4)46)34(59-15(7-42)23(29)50)61-28-18(38-11(3)45)32(55)57-14(6-41)22(28)49/h9,13-36,40-43,47-55H,5-8H2,1-4H3,(H,37,44)(H,38,45)(H,39,46)/t9-,13+,14+,15+,16+,17+,18+,19+,20+,21-,22-,23+,24-,25+,26+,27-,28+,29+,30-,31+,32+,33+,34-,35-,36-/m0/s1. The van der Waals surface area contributed by atoms with Crippen LogP contribution in [0.3, 0.4) is 0 Å². The molecular weight excluding hydrogens is 874 g/mol. The smallest absolute Gasteiger partial charge is 0.217 e. The van der Waals surface area contributed by atoms with Gasteiger partial charge in [-0.2, -0.15) is 0 Å². The zero-order valence-electron chi connectivity index (χ0n) is 35.0. The largest absolute Gasteiger partial charge is 0.394 e. The van der Waals surface area contributed by atoms with E-state index in [1.54, 1.807) is 0 Å². The molecular formula is C36H61N3O25. The van der Waals surface area contributed by atoms with Crippen LogP contribution < -0.4 is 16.0 Å². The summed E-state index contributed by atoms with van der Waals surface area (Å²) in [6, 6.07) is -4.94. The Morgan fingerprint density at radius 2 is 0.797 bits per heavy atom. The van der Waals surface area contributed by atoms with Crippen molar-refractivity contribution in [2.75, 3.05) is 26.4 Å². The Hall–Kier alpha value is -2.47. The fourth-order valence-electron chi connectivity index (χ4n) is 8.15.